The SMILES string of the molecule is C[C@@H]1CCCN([C@@H](c2ccc([N+](=O)[O-])cc2)c2sc3nc(-c4ccco4)nn3c2O)C1. The predicted octanol–water partition coefficient (Wildman–Crippen LogP) is 4.49. The lowest BCUT2D eigenvalue weighted by atomic mass is 9.95. The Hall–Kier alpha value is -3.24. The number of nitro groups is 1. The van der Waals surface area contributed by atoms with Gasteiger partial charge < -0.3 is 9.52 Å². The highest BCUT2D eigenvalue weighted by molar-refractivity contribution is 7.17. The van der Waals surface area contributed by atoms with E-state index in [-0.39, 0.29) is 17.6 Å². The molecule has 0 saturated carbocycles. The minimum atomic E-state index is -0.404. The zero-order chi connectivity index (χ0) is 21.5. The molecule has 1 aromatic carbocycles. The van der Waals surface area contributed by atoms with Crippen LogP contribution in [-0.4, -0.2) is 42.6 Å². The fourth-order valence-corrected chi connectivity index (χ4v) is 5.32. The molecule has 2 atom stereocenters. The van der Waals surface area contributed by atoms with Gasteiger partial charge in [-0.25, -0.2) is 0 Å². The number of aromatic nitrogens is 3. The van der Waals surface area contributed by atoms with E-state index in [1.165, 1.54) is 28.0 Å². The Labute approximate surface area is 181 Å². The molecule has 0 amide bonds. The lowest BCUT2D eigenvalue weighted by Gasteiger charge is -2.37. The largest absolute Gasteiger partial charge is 0.492 e. The molecule has 0 bridgehead atoms. The highest BCUT2D eigenvalue weighted by Gasteiger charge is 2.32. The van der Waals surface area contributed by atoms with Crippen LogP contribution in [0.25, 0.3) is 16.5 Å². The van der Waals surface area contributed by atoms with E-state index in [1.807, 2.05) is 0 Å². The normalized spacial score (nSPS) is 18.4. The summed E-state index contributed by atoms with van der Waals surface area (Å²) in [5.41, 5.74) is 0.940. The molecule has 160 valence electrons. The van der Waals surface area contributed by atoms with Crippen LogP contribution in [0.2, 0.25) is 0 Å². The number of non-ortho nitro benzene ring substituents is 1. The van der Waals surface area contributed by atoms with Crippen LogP contribution in [0.1, 0.15) is 36.2 Å². The first-order valence-corrected chi connectivity index (χ1v) is 10.9. The van der Waals surface area contributed by atoms with Crippen LogP contribution in [0.4, 0.5) is 5.69 Å². The van der Waals surface area contributed by atoms with Gasteiger partial charge in [0.15, 0.2) is 5.76 Å². The third kappa shape index (κ3) is 3.57. The second-order valence-corrected chi connectivity index (χ2v) is 8.90. The van der Waals surface area contributed by atoms with Crippen LogP contribution in [0.15, 0.2) is 47.1 Å². The molecule has 1 N–H and O–H groups in total. The number of fused-ring (bicyclic) bond motifs is 1. The molecule has 0 radical (unpaired) electrons. The van der Waals surface area contributed by atoms with E-state index in [4.69, 9.17) is 4.42 Å². The minimum Gasteiger partial charge on any atom is -0.492 e. The van der Waals surface area contributed by atoms with Gasteiger partial charge in [0.2, 0.25) is 16.7 Å². The summed E-state index contributed by atoms with van der Waals surface area (Å²) in [6.07, 6.45) is 3.78. The van der Waals surface area contributed by atoms with Crippen LogP contribution in [0.3, 0.4) is 0 Å². The van der Waals surface area contributed by atoms with Crippen LogP contribution < -0.4 is 0 Å². The molecule has 0 aliphatic carbocycles. The Kier molecular flexibility index (Phi) is 4.95. The third-order valence-electron chi connectivity index (χ3n) is 5.66. The van der Waals surface area contributed by atoms with Gasteiger partial charge in [-0.05, 0) is 43.0 Å². The molecule has 0 spiro atoms. The first-order chi connectivity index (χ1) is 15.0. The molecular formula is C21H21N5O4S. The Bertz CT molecular complexity index is 1210. The number of benzene rings is 1. The number of likely N-dealkylation sites (tertiary alicyclic amines) is 1. The fourth-order valence-electron chi connectivity index (χ4n) is 4.21. The molecule has 9 nitrogen and oxygen atoms in total. The van der Waals surface area contributed by atoms with Gasteiger partial charge in [-0.2, -0.15) is 9.50 Å². The maximum absolute atomic E-state index is 11.1. The Morgan fingerprint density at radius 2 is 2.13 bits per heavy atom. The van der Waals surface area contributed by atoms with E-state index < -0.39 is 4.92 Å². The number of hydrogen-bond donors (Lipinski definition) is 1. The number of hydrogen-bond acceptors (Lipinski definition) is 8. The summed E-state index contributed by atoms with van der Waals surface area (Å²) in [6, 6.07) is 9.86. The van der Waals surface area contributed by atoms with E-state index in [0.717, 1.165) is 36.4 Å². The highest BCUT2D eigenvalue weighted by atomic mass is 32.1. The first kappa shape index (κ1) is 19.7. The zero-order valence-corrected chi connectivity index (χ0v) is 17.7. The van der Waals surface area contributed by atoms with Crippen molar-refractivity contribution in [3.8, 4) is 17.5 Å². The van der Waals surface area contributed by atoms with Crippen molar-refractivity contribution in [3.05, 3.63) is 63.2 Å². The van der Waals surface area contributed by atoms with E-state index in [9.17, 15) is 15.2 Å². The van der Waals surface area contributed by atoms with E-state index >= 15 is 0 Å². The highest BCUT2D eigenvalue weighted by Crippen LogP contribution is 2.42. The van der Waals surface area contributed by atoms with Crippen LogP contribution in [0, 0.1) is 16.0 Å². The van der Waals surface area contributed by atoms with E-state index in [2.05, 4.69) is 21.9 Å². The number of aromatic hydroxyl groups is 1. The van der Waals surface area contributed by atoms with Crippen molar-refractivity contribution >= 4 is 22.0 Å². The first-order valence-electron chi connectivity index (χ1n) is 10.1. The van der Waals surface area contributed by atoms with Crippen molar-refractivity contribution in [2.75, 3.05) is 13.1 Å². The third-order valence-corrected chi connectivity index (χ3v) is 6.74. The van der Waals surface area contributed by atoms with E-state index in [0.29, 0.717) is 22.5 Å². The van der Waals surface area contributed by atoms with Crippen LogP contribution >= 0.6 is 11.3 Å². The number of thiazole rings is 1. The number of furan rings is 1. The Morgan fingerprint density at radius 3 is 2.77 bits per heavy atom. The molecule has 1 aliphatic heterocycles. The van der Waals surface area contributed by atoms with Gasteiger partial charge in [-0.3, -0.25) is 15.0 Å². The van der Waals surface area contributed by atoms with Crippen molar-refractivity contribution in [3.63, 3.8) is 0 Å². The zero-order valence-electron chi connectivity index (χ0n) is 16.8. The smallest absolute Gasteiger partial charge is 0.269 e. The van der Waals surface area contributed by atoms with Gasteiger partial charge in [0.25, 0.3) is 5.69 Å². The average Bonchev–Trinajstić information content (AvgIpc) is 3.48. The molecule has 10 heteroatoms. The predicted molar refractivity (Wildman–Crippen MR) is 115 cm³/mol. The summed E-state index contributed by atoms with van der Waals surface area (Å²) in [4.78, 5) is 18.8. The van der Waals surface area contributed by atoms with Gasteiger partial charge in [-0.1, -0.05) is 30.4 Å². The summed E-state index contributed by atoms with van der Waals surface area (Å²) >= 11 is 1.37. The lowest BCUT2D eigenvalue weighted by Crippen LogP contribution is -2.37. The minimum absolute atomic E-state index is 0.0342. The van der Waals surface area contributed by atoms with Crippen molar-refractivity contribution in [1.29, 1.82) is 0 Å². The molecule has 31 heavy (non-hydrogen) atoms. The molecule has 1 fully saturated rings. The molecule has 3 aromatic heterocycles. The molecule has 1 saturated heterocycles. The van der Waals surface area contributed by atoms with Gasteiger partial charge in [0.1, 0.15) is 0 Å². The van der Waals surface area contributed by atoms with Crippen LogP contribution in [0.5, 0.6) is 5.88 Å². The van der Waals surface area contributed by atoms with Crippen molar-refractivity contribution < 1.29 is 14.4 Å². The maximum Gasteiger partial charge on any atom is 0.269 e. The second-order valence-electron chi connectivity index (χ2n) is 7.89. The second kappa shape index (κ2) is 7.78. The molecular weight excluding hydrogens is 418 g/mol. The van der Waals surface area contributed by atoms with Crippen molar-refractivity contribution in [2.24, 2.45) is 5.92 Å². The molecule has 0 unspecified atom stereocenters. The number of nitro benzene ring substituents is 1. The molecule has 4 heterocycles. The van der Waals surface area contributed by atoms with Gasteiger partial charge in [0, 0.05) is 18.7 Å². The summed E-state index contributed by atoms with van der Waals surface area (Å²) in [6.45, 7) is 3.99. The van der Waals surface area contributed by atoms with E-state index in [1.54, 1.807) is 30.5 Å². The Morgan fingerprint density at radius 1 is 1.32 bits per heavy atom. The quantitative estimate of drug-likeness (QED) is 0.360. The summed E-state index contributed by atoms with van der Waals surface area (Å²) in [5, 5.41) is 26.6. The van der Waals surface area contributed by atoms with Crippen molar-refractivity contribution in [1.82, 2.24) is 19.5 Å². The lowest BCUT2D eigenvalue weighted by molar-refractivity contribution is -0.384. The number of rotatable bonds is 5. The topological polar surface area (TPSA) is 110 Å². The van der Waals surface area contributed by atoms with Gasteiger partial charge in [-0.15, -0.1) is 5.10 Å². The standard InChI is InChI=1S/C21H21N5O4S/c1-13-4-2-10-24(12-13)17(14-6-8-15(9-7-14)26(28)29)18-20(27)25-21(31-18)22-19(23-25)16-5-3-11-30-16/h3,5-9,11,13,17,27H,2,4,10,12H2,1H3/t13-,17+/m1/s1. The molecule has 5 rings (SSSR count). The monoisotopic (exact) mass is 439 g/mol. The number of nitrogens with zero attached hydrogens (tertiary/aromatic N) is 5. The average molecular weight is 439 g/mol. The van der Waals surface area contributed by atoms with Gasteiger partial charge >= 0.3 is 0 Å². The maximum atomic E-state index is 11.1. The molecule has 1 aliphatic rings. The van der Waals surface area contributed by atoms with Crippen molar-refractivity contribution in [2.45, 2.75) is 25.8 Å². The summed E-state index contributed by atoms with van der Waals surface area (Å²) in [7, 11) is 0. The Balaban J connectivity index is 1.58. The summed E-state index contributed by atoms with van der Waals surface area (Å²) < 4.78 is 6.80. The van der Waals surface area contributed by atoms with Gasteiger partial charge in [0.05, 0.1) is 22.1 Å². The van der Waals surface area contributed by atoms with Crippen LogP contribution in [-0.2, 0) is 0 Å². The summed E-state index contributed by atoms with van der Waals surface area (Å²) in [5.74, 6) is 1.52. The fraction of sp³-hybridized carbons (Fsp3) is 0.333. The number of piperidine rings is 1. The molecule has 4 aromatic rings.